The van der Waals surface area contributed by atoms with Gasteiger partial charge in [-0.1, -0.05) is 12.1 Å². The normalized spacial score (nSPS) is 12.3. The number of aromatic nitrogens is 2. The first-order valence-electron chi connectivity index (χ1n) is 5.85. The van der Waals surface area contributed by atoms with Crippen molar-refractivity contribution in [1.29, 1.82) is 0 Å². The number of rotatable bonds is 5. The van der Waals surface area contributed by atoms with Gasteiger partial charge in [0.1, 0.15) is 5.82 Å². The van der Waals surface area contributed by atoms with Gasteiger partial charge in [0.25, 0.3) is 0 Å². The van der Waals surface area contributed by atoms with E-state index in [1.807, 2.05) is 0 Å². The van der Waals surface area contributed by atoms with Crippen molar-refractivity contribution in [3.05, 3.63) is 36.0 Å². The van der Waals surface area contributed by atoms with E-state index in [4.69, 9.17) is 9.63 Å². The number of nitrogens with zero attached hydrogens (tertiary/aromatic N) is 2. The summed E-state index contributed by atoms with van der Waals surface area (Å²) in [6.07, 6.45) is 0.453. The number of aliphatic carboxylic acids is 1. The van der Waals surface area contributed by atoms with Crippen LogP contribution in [0.2, 0.25) is 0 Å². The fraction of sp³-hybridized carbons (Fsp3) is 0.308. The molecule has 0 aliphatic rings. The predicted molar refractivity (Wildman–Crippen MR) is 64.8 cm³/mol. The SMILES string of the molecule is CC(CC(=O)O)Cc1nc(-c2ccc(F)cc2)no1. The van der Waals surface area contributed by atoms with E-state index in [0.717, 1.165) is 0 Å². The molecule has 0 radical (unpaired) electrons. The first-order valence-corrected chi connectivity index (χ1v) is 5.85. The van der Waals surface area contributed by atoms with Gasteiger partial charge >= 0.3 is 5.97 Å². The minimum absolute atomic E-state index is 0.0499. The fourth-order valence-electron chi connectivity index (χ4n) is 1.72. The molecule has 100 valence electrons. The van der Waals surface area contributed by atoms with Crippen molar-refractivity contribution in [1.82, 2.24) is 10.1 Å². The van der Waals surface area contributed by atoms with Crippen molar-refractivity contribution in [3.8, 4) is 11.4 Å². The maximum Gasteiger partial charge on any atom is 0.303 e. The number of carboxylic acid groups (broad SMARTS) is 1. The van der Waals surface area contributed by atoms with Crippen molar-refractivity contribution in [2.75, 3.05) is 0 Å². The number of hydrogen-bond acceptors (Lipinski definition) is 4. The van der Waals surface area contributed by atoms with E-state index in [1.165, 1.54) is 12.1 Å². The van der Waals surface area contributed by atoms with Gasteiger partial charge in [-0.3, -0.25) is 4.79 Å². The molecule has 1 heterocycles. The van der Waals surface area contributed by atoms with E-state index in [0.29, 0.717) is 23.7 Å². The van der Waals surface area contributed by atoms with E-state index in [-0.39, 0.29) is 18.2 Å². The fourth-order valence-corrected chi connectivity index (χ4v) is 1.72. The largest absolute Gasteiger partial charge is 0.481 e. The summed E-state index contributed by atoms with van der Waals surface area (Å²) in [5, 5.41) is 12.5. The molecule has 0 aliphatic carbocycles. The summed E-state index contributed by atoms with van der Waals surface area (Å²) in [6.45, 7) is 1.80. The summed E-state index contributed by atoms with van der Waals surface area (Å²) in [7, 11) is 0. The van der Waals surface area contributed by atoms with Crippen LogP contribution >= 0.6 is 0 Å². The minimum atomic E-state index is -0.856. The molecule has 1 atom stereocenters. The molecule has 0 bridgehead atoms. The zero-order valence-corrected chi connectivity index (χ0v) is 10.3. The van der Waals surface area contributed by atoms with E-state index < -0.39 is 5.97 Å². The maximum absolute atomic E-state index is 12.8. The van der Waals surface area contributed by atoms with Gasteiger partial charge in [-0.2, -0.15) is 4.98 Å². The molecule has 19 heavy (non-hydrogen) atoms. The van der Waals surface area contributed by atoms with Gasteiger partial charge in [0.15, 0.2) is 0 Å². The smallest absolute Gasteiger partial charge is 0.303 e. The number of halogens is 1. The molecule has 0 saturated heterocycles. The molecule has 2 aromatic rings. The molecule has 0 aliphatic heterocycles. The Bertz CT molecular complexity index is 566. The third-order valence-electron chi connectivity index (χ3n) is 2.62. The van der Waals surface area contributed by atoms with Crippen LogP contribution in [0.1, 0.15) is 19.2 Å². The summed E-state index contributed by atoms with van der Waals surface area (Å²) in [4.78, 5) is 14.7. The summed E-state index contributed by atoms with van der Waals surface area (Å²) in [6, 6.07) is 5.76. The molecule has 1 aromatic heterocycles. The first kappa shape index (κ1) is 13.2. The van der Waals surface area contributed by atoms with Gasteiger partial charge in [0.2, 0.25) is 11.7 Å². The molecule has 0 amide bonds. The Morgan fingerprint density at radius 3 is 2.74 bits per heavy atom. The Morgan fingerprint density at radius 1 is 1.42 bits per heavy atom. The highest BCUT2D eigenvalue weighted by Crippen LogP contribution is 2.18. The Labute approximate surface area is 109 Å². The molecule has 0 saturated carbocycles. The van der Waals surface area contributed by atoms with Crippen LogP contribution in [0.15, 0.2) is 28.8 Å². The molecule has 0 fully saturated rings. The highest BCUT2D eigenvalue weighted by Gasteiger charge is 2.14. The second-order valence-corrected chi connectivity index (χ2v) is 4.43. The van der Waals surface area contributed by atoms with E-state index >= 15 is 0 Å². The van der Waals surface area contributed by atoms with Crippen LogP contribution in [0.4, 0.5) is 4.39 Å². The Morgan fingerprint density at radius 2 is 2.11 bits per heavy atom. The lowest BCUT2D eigenvalue weighted by Crippen LogP contribution is -2.07. The van der Waals surface area contributed by atoms with Crippen LogP contribution in [0.25, 0.3) is 11.4 Å². The lowest BCUT2D eigenvalue weighted by molar-refractivity contribution is -0.137. The Balaban J connectivity index is 2.06. The molecule has 1 aromatic carbocycles. The quantitative estimate of drug-likeness (QED) is 0.898. The van der Waals surface area contributed by atoms with Gasteiger partial charge in [-0.05, 0) is 30.2 Å². The second kappa shape index (κ2) is 5.60. The third-order valence-corrected chi connectivity index (χ3v) is 2.62. The monoisotopic (exact) mass is 264 g/mol. The summed E-state index contributed by atoms with van der Waals surface area (Å²) in [5.41, 5.74) is 0.655. The van der Waals surface area contributed by atoms with Crippen molar-refractivity contribution in [3.63, 3.8) is 0 Å². The summed E-state index contributed by atoms with van der Waals surface area (Å²) < 4.78 is 17.8. The Kier molecular flexibility index (Phi) is 3.89. The van der Waals surface area contributed by atoms with Gasteiger partial charge in [0, 0.05) is 18.4 Å². The van der Waals surface area contributed by atoms with Gasteiger partial charge < -0.3 is 9.63 Å². The van der Waals surface area contributed by atoms with Crippen molar-refractivity contribution in [2.24, 2.45) is 5.92 Å². The summed E-state index contributed by atoms with van der Waals surface area (Å²) >= 11 is 0. The number of hydrogen-bond donors (Lipinski definition) is 1. The van der Waals surface area contributed by atoms with Crippen LogP contribution < -0.4 is 0 Å². The molecule has 2 rings (SSSR count). The number of benzene rings is 1. The van der Waals surface area contributed by atoms with Crippen LogP contribution in [-0.2, 0) is 11.2 Å². The lowest BCUT2D eigenvalue weighted by atomic mass is 10.0. The van der Waals surface area contributed by atoms with E-state index in [1.54, 1.807) is 19.1 Å². The van der Waals surface area contributed by atoms with Gasteiger partial charge in [-0.15, -0.1) is 0 Å². The topological polar surface area (TPSA) is 76.2 Å². The van der Waals surface area contributed by atoms with Crippen LogP contribution in [0, 0.1) is 11.7 Å². The first-order chi connectivity index (χ1) is 9.04. The predicted octanol–water partition coefficient (Wildman–Crippen LogP) is 2.53. The molecule has 1 unspecified atom stereocenters. The standard InChI is InChI=1S/C13H13FN2O3/c1-8(7-12(17)18)6-11-15-13(16-19-11)9-2-4-10(14)5-3-9/h2-5,8H,6-7H2,1H3,(H,17,18). The second-order valence-electron chi connectivity index (χ2n) is 4.43. The molecular formula is C13H13FN2O3. The summed E-state index contributed by atoms with van der Waals surface area (Å²) in [5.74, 6) is -0.516. The highest BCUT2D eigenvalue weighted by molar-refractivity contribution is 5.66. The van der Waals surface area contributed by atoms with E-state index in [2.05, 4.69) is 10.1 Å². The van der Waals surface area contributed by atoms with Crippen molar-refractivity contribution in [2.45, 2.75) is 19.8 Å². The van der Waals surface area contributed by atoms with Crippen LogP contribution in [0.5, 0.6) is 0 Å². The van der Waals surface area contributed by atoms with E-state index in [9.17, 15) is 9.18 Å². The molecule has 0 spiro atoms. The number of carbonyl (C=O) groups is 1. The molecule has 6 heteroatoms. The average molecular weight is 264 g/mol. The molecular weight excluding hydrogens is 251 g/mol. The van der Waals surface area contributed by atoms with Gasteiger partial charge in [0.05, 0.1) is 0 Å². The minimum Gasteiger partial charge on any atom is -0.481 e. The van der Waals surface area contributed by atoms with Crippen molar-refractivity contribution < 1.29 is 18.8 Å². The Hall–Kier alpha value is -2.24. The third kappa shape index (κ3) is 3.61. The van der Waals surface area contributed by atoms with Gasteiger partial charge in [-0.25, -0.2) is 4.39 Å². The molecule has 5 nitrogen and oxygen atoms in total. The zero-order chi connectivity index (χ0) is 13.8. The lowest BCUT2D eigenvalue weighted by Gasteiger charge is -2.03. The molecule has 1 N–H and O–H groups in total. The van der Waals surface area contributed by atoms with Crippen LogP contribution in [0.3, 0.4) is 0 Å². The average Bonchev–Trinajstić information content (AvgIpc) is 2.77. The highest BCUT2D eigenvalue weighted by atomic mass is 19.1. The zero-order valence-electron chi connectivity index (χ0n) is 10.3. The number of carboxylic acids is 1. The van der Waals surface area contributed by atoms with Crippen LogP contribution in [-0.4, -0.2) is 21.2 Å². The maximum atomic E-state index is 12.8. The van der Waals surface area contributed by atoms with Crippen molar-refractivity contribution >= 4 is 5.97 Å².